The van der Waals surface area contributed by atoms with Gasteiger partial charge in [-0.05, 0) is 29.6 Å². The highest BCUT2D eigenvalue weighted by molar-refractivity contribution is 7.03. The molecule has 1 atom stereocenters. The number of nitrogens with zero attached hydrogens (tertiary/aromatic N) is 3. The van der Waals surface area contributed by atoms with Gasteiger partial charge in [-0.1, -0.05) is 22.7 Å². The third-order valence-corrected chi connectivity index (χ3v) is 3.58. The Balaban J connectivity index is 1.90. The molecular formula is C12H14N4S. The van der Waals surface area contributed by atoms with Crippen LogP contribution >= 0.6 is 11.5 Å². The molecule has 5 heteroatoms. The Kier molecular flexibility index (Phi) is 2.78. The lowest BCUT2D eigenvalue weighted by molar-refractivity contribution is 0.595. The summed E-state index contributed by atoms with van der Waals surface area (Å²) in [7, 11) is 0. The van der Waals surface area contributed by atoms with Crippen LogP contribution in [0, 0.1) is 0 Å². The zero-order chi connectivity index (χ0) is 11.7. The van der Waals surface area contributed by atoms with Gasteiger partial charge in [0.15, 0.2) is 0 Å². The van der Waals surface area contributed by atoms with Crippen molar-refractivity contribution >= 4 is 17.2 Å². The number of nitrogens with two attached hydrogens (primary N) is 1. The molecule has 1 aliphatic heterocycles. The summed E-state index contributed by atoms with van der Waals surface area (Å²) < 4.78 is 3.90. The van der Waals surface area contributed by atoms with Crippen molar-refractivity contribution in [3.63, 3.8) is 0 Å². The third kappa shape index (κ3) is 2.16. The largest absolute Gasteiger partial charge is 0.364 e. The summed E-state index contributed by atoms with van der Waals surface area (Å²) in [4.78, 5) is 2.29. The van der Waals surface area contributed by atoms with Crippen LogP contribution in [0.2, 0.25) is 0 Å². The van der Waals surface area contributed by atoms with Crippen LogP contribution in [0.5, 0.6) is 0 Å². The molecule has 0 fully saturated rings. The molecule has 1 aliphatic rings. The summed E-state index contributed by atoms with van der Waals surface area (Å²) in [5, 5.41) is 6.08. The molecule has 17 heavy (non-hydrogen) atoms. The minimum absolute atomic E-state index is 0.205. The van der Waals surface area contributed by atoms with E-state index in [9.17, 15) is 0 Å². The van der Waals surface area contributed by atoms with E-state index in [0.717, 1.165) is 25.2 Å². The van der Waals surface area contributed by atoms with E-state index in [1.807, 2.05) is 5.38 Å². The Morgan fingerprint density at radius 1 is 1.41 bits per heavy atom. The molecule has 1 aromatic heterocycles. The van der Waals surface area contributed by atoms with E-state index in [4.69, 9.17) is 5.73 Å². The Labute approximate surface area is 104 Å². The summed E-state index contributed by atoms with van der Waals surface area (Å²) in [5.74, 6) is 0. The fourth-order valence-electron chi connectivity index (χ4n) is 2.32. The zero-order valence-corrected chi connectivity index (χ0v) is 10.2. The predicted octanol–water partition coefficient (Wildman–Crippen LogP) is 1.43. The zero-order valence-electron chi connectivity index (χ0n) is 9.41. The van der Waals surface area contributed by atoms with E-state index >= 15 is 0 Å². The van der Waals surface area contributed by atoms with E-state index in [1.54, 1.807) is 0 Å². The molecule has 0 aliphatic carbocycles. The van der Waals surface area contributed by atoms with Crippen molar-refractivity contribution in [1.29, 1.82) is 0 Å². The number of fused-ring (bicyclic) bond motifs is 1. The van der Waals surface area contributed by atoms with Gasteiger partial charge in [-0.15, -0.1) is 5.10 Å². The van der Waals surface area contributed by atoms with Crippen molar-refractivity contribution < 1.29 is 0 Å². The van der Waals surface area contributed by atoms with Crippen molar-refractivity contribution in [3.05, 3.63) is 40.9 Å². The highest BCUT2D eigenvalue weighted by Crippen LogP contribution is 2.27. The monoisotopic (exact) mass is 246 g/mol. The summed E-state index contributed by atoms with van der Waals surface area (Å²) in [6, 6.07) is 8.65. The summed E-state index contributed by atoms with van der Waals surface area (Å²) in [6.45, 7) is 1.68. The maximum Gasteiger partial charge on any atom is 0.0948 e. The molecule has 0 saturated carbocycles. The number of aromatic nitrogens is 2. The lowest BCUT2D eigenvalue weighted by Gasteiger charge is -2.34. The molecular weight excluding hydrogens is 232 g/mol. The summed E-state index contributed by atoms with van der Waals surface area (Å²) >= 11 is 1.39. The van der Waals surface area contributed by atoms with Gasteiger partial charge in [-0.2, -0.15) is 0 Å². The van der Waals surface area contributed by atoms with Crippen molar-refractivity contribution in [3.8, 4) is 0 Å². The first kappa shape index (κ1) is 10.7. The quantitative estimate of drug-likeness (QED) is 0.871. The van der Waals surface area contributed by atoms with Gasteiger partial charge in [-0.25, -0.2) is 0 Å². The number of rotatable bonds is 2. The van der Waals surface area contributed by atoms with Gasteiger partial charge in [0.25, 0.3) is 0 Å². The maximum atomic E-state index is 6.09. The molecule has 4 nitrogen and oxygen atoms in total. The number of hydrogen-bond donors (Lipinski definition) is 1. The first-order valence-corrected chi connectivity index (χ1v) is 6.51. The molecule has 1 unspecified atom stereocenters. The maximum absolute atomic E-state index is 6.09. The number of hydrogen-bond acceptors (Lipinski definition) is 5. The van der Waals surface area contributed by atoms with Crippen molar-refractivity contribution in [2.75, 3.05) is 11.4 Å². The molecule has 0 bridgehead atoms. The fourth-order valence-corrected chi connectivity index (χ4v) is 2.76. The van der Waals surface area contributed by atoms with Gasteiger partial charge in [0.2, 0.25) is 0 Å². The van der Waals surface area contributed by atoms with Crippen LogP contribution in [-0.4, -0.2) is 22.2 Å². The van der Waals surface area contributed by atoms with Gasteiger partial charge in [0, 0.05) is 23.7 Å². The van der Waals surface area contributed by atoms with E-state index in [1.165, 1.54) is 22.8 Å². The van der Waals surface area contributed by atoms with E-state index < -0.39 is 0 Å². The molecule has 0 amide bonds. The van der Waals surface area contributed by atoms with E-state index in [-0.39, 0.29) is 6.04 Å². The number of benzene rings is 1. The second kappa shape index (κ2) is 4.43. The standard InChI is InChI=1S/C12H14N4S/c13-10-5-9-3-1-2-4-12(9)16(6-10)7-11-8-17-15-14-11/h1-4,8,10H,5-7,13H2. The Morgan fingerprint density at radius 3 is 3.12 bits per heavy atom. The molecule has 2 heterocycles. The first-order valence-electron chi connectivity index (χ1n) is 5.67. The van der Waals surface area contributed by atoms with Crippen LogP contribution in [0.3, 0.4) is 0 Å². The topological polar surface area (TPSA) is 55.0 Å². The van der Waals surface area contributed by atoms with E-state index in [2.05, 4.69) is 38.8 Å². The average Bonchev–Trinajstić information content (AvgIpc) is 2.81. The van der Waals surface area contributed by atoms with Crippen LogP contribution in [0.15, 0.2) is 29.6 Å². The van der Waals surface area contributed by atoms with Gasteiger partial charge >= 0.3 is 0 Å². The van der Waals surface area contributed by atoms with Gasteiger partial charge in [0.05, 0.1) is 12.2 Å². The second-order valence-corrected chi connectivity index (χ2v) is 4.98. The Bertz CT molecular complexity index is 497. The molecule has 3 rings (SSSR count). The lowest BCUT2D eigenvalue weighted by atomic mass is 9.98. The first-order chi connectivity index (χ1) is 8.33. The number of anilines is 1. The molecule has 1 aromatic carbocycles. The highest BCUT2D eigenvalue weighted by atomic mass is 32.1. The van der Waals surface area contributed by atoms with Crippen LogP contribution < -0.4 is 10.6 Å². The molecule has 0 spiro atoms. The van der Waals surface area contributed by atoms with Crippen LogP contribution in [-0.2, 0) is 13.0 Å². The van der Waals surface area contributed by atoms with Crippen molar-refractivity contribution in [2.24, 2.45) is 5.73 Å². The lowest BCUT2D eigenvalue weighted by Crippen LogP contribution is -2.42. The second-order valence-electron chi connectivity index (χ2n) is 4.37. The SMILES string of the molecule is NC1Cc2ccccc2N(Cc2csnn2)C1. The van der Waals surface area contributed by atoms with E-state index in [0.29, 0.717) is 0 Å². The summed E-state index contributed by atoms with van der Waals surface area (Å²) in [5.41, 5.74) is 9.71. The van der Waals surface area contributed by atoms with Crippen molar-refractivity contribution in [1.82, 2.24) is 9.59 Å². The Hall–Kier alpha value is -1.46. The van der Waals surface area contributed by atoms with Crippen LogP contribution in [0.1, 0.15) is 11.3 Å². The predicted molar refractivity (Wildman–Crippen MR) is 69.1 cm³/mol. The number of para-hydroxylation sites is 1. The smallest absolute Gasteiger partial charge is 0.0948 e. The minimum atomic E-state index is 0.205. The van der Waals surface area contributed by atoms with Crippen LogP contribution in [0.4, 0.5) is 5.69 Å². The van der Waals surface area contributed by atoms with Gasteiger partial charge < -0.3 is 10.6 Å². The molecule has 2 N–H and O–H groups in total. The summed E-state index contributed by atoms with van der Waals surface area (Å²) in [6.07, 6.45) is 0.960. The highest BCUT2D eigenvalue weighted by Gasteiger charge is 2.22. The Morgan fingerprint density at radius 2 is 2.29 bits per heavy atom. The van der Waals surface area contributed by atoms with Crippen LogP contribution in [0.25, 0.3) is 0 Å². The fraction of sp³-hybridized carbons (Fsp3) is 0.333. The molecule has 0 saturated heterocycles. The van der Waals surface area contributed by atoms with Gasteiger partial charge in [-0.3, -0.25) is 0 Å². The van der Waals surface area contributed by atoms with Crippen molar-refractivity contribution in [2.45, 2.75) is 19.0 Å². The normalized spacial score (nSPS) is 19.1. The third-order valence-electron chi connectivity index (χ3n) is 3.03. The van der Waals surface area contributed by atoms with Gasteiger partial charge in [0.1, 0.15) is 0 Å². The average molecular weight is 246 g/mol. The molecule has 0 radical (unpaired) electrons. The molecule has 88 valence electrons. The molecule has 2 aromatic rings. The minimum Gasteiger partial charge on any atom is -0.364 e.